The number of amides is 2. The molecule has 2 aliphatic heterocycles. The highest BCUT2D eigenvalue weighted by molar-refractivity contribution is 7.89. The number of fused-ring (bicyclic) bond motifs is 3. The number of nitrogens with zero attached hydrogens (tertiary/aromatic N) is 1. The van der Waals surface area contributed by atoms with Crippen LogP contribution in [0.2, 0.25) is 0 Å². The number of nitrogens with one attached hydrogen (secondary N) is 1. The van der Waals surface area contributed by atoms with Gasteiger partial charge in [-0.15, -0.1) is 0 Å². The molecule has 2 amide bonds. The Morgan fingerprint density at radius 1 is 1.13 bits per heavy atom. The lowest BCUT2D eigenvalue weighted by atomic mass is 9.80. The molecular weight excluding hydrogens is 426 g/mol. The van der Waals surface area contributed by atoms with E-state index >= 15 is 0 Å². The summed E-state index contributed by atoms with van der Waals surface area (Å²) in [6.07, 6.45) is 0. The minimum Gasteiger partial charge on any atom is -0.480 e. The molecule has 1 atom stereocenters. The molecule has 1 unspecified atom stereocenters. The van der Waals surface area contributed by atoms with Crippen molar-refractivity contribution in [3.8, 4) is 5.75 Å². The van der Waals surface area contributed by atoms with E-state index in [1.54, 1.807) is 24.3 Å². The number of aliphatic hydroxyl groups excluding tert-OH is 1. The Kier molecular flexibility index (Phi) is 4.60. The van der Waals surface area contributed by atoms with Crippen molar-refractivity contribution in [1.82, 2.24) is 5.01 Å². The van der Waals surface area contributed by atoms with Gasteiger partial charge in [0, 0.05) is 5.56 Å². The van der Waals surface area contributed by atoms with Gasteiger partial charge in [-0.1, -0.05) is 18.2 Å². The number of hydrazine groups is 1. The number of benzene rings is 2. The van der Waals surface area contributed by atoms with E-state index in [2.05, 4.69) is 5.43 Å². The number of carbonyl (C=O) groups is 2. The van der Waals surface area contributed by atoms with Gasteiger partial charge in [0.25, 0.3) is 11.9 Å². The van der Waals surface area contributed by atoms with Crippen LogP contribution < -0.4 is 26.8 Å². The van der Waals surface area contributed by atoms with E-state index in [0.29, 0.717) is 5.56 Å². The van der Waals surface area contributed by atoms with Gasteiger partial charge in [0.1, 0.15) is 17.1 Å². The summed E-state index contributed by atoms with van der Waals surface area (Å²) < 4.78 is 28.2. The zero-order chi connectivity index (χ0) is 22.5. The van der Waals surface area contributed by atoms with Gasteiger partial charge in [-0.25, -0.2) is 18.6 Å². The highest BCUT2D eigenvalue weighted by Crippen LogP contribution is 2.46. The van der Waals surface area contributed by atoms with Gasteiger partial charge in [0.15, 0.2) is 0 Å². The Morgan fingerprint density at radius 3 is 2.39 bits per heavy atom. The molecule has 2 aromatic carbocycles. The van der Waals surface area contributed by atoms with E-state index in [4.69, 9.17) is 21.3 Å². The van der Waals surface area contributed by atoms with Crippen molar-refractivity contribution < 1.29 is 27.9 Å². The zero-order valence-electron chi connectivity index (χ0n) is 15.8. The Bertz CT molecular complexity index is 1280. The lowest BCUT2D eigenvalue weighted by molar-refractivity contribution is -0.126. The fraction of sp³-hybridized carbons (Fsp3) is 0.0526. The highest BCUT2D eigenvalue weighted by atomic mass is 32.2. The number of carbonyl (C=O) groups excluding carboxylic acids is 2. The van der Waals surface area contributed by atoms with Gasteiger partial charge in [-0.3, -0.25) is 15.0 Å². The van der Waals surface area contributed by atoms with Crippen LogP contribution in [0, 0.1) is 0 Å². The molecule has 160 valence electrons. The number of rotatable bonds is 4. The van der Waals surface area contributed by atoms with Crippen molar-refractivity contribution in [3.63, 3.8) is 0 Å². The van der Waals surface area contributed by atoms with Crippen molar-refractivity contribution in [2.24, 2.45) is 16.6 Å². The van der Waals surface area contributed by atoms with Crippen LogP contribution in [0.15, 0.2) is 76.3 Å². The van der Waals surface area contributed by atoms with Crippen molar-refractivity contribution >= 4 is 27.5 Å². The molecule has 0 fully saturated rings. The van der Waals surface area contributed by atoms with Crippen molar-refractivity contribution in [1.29, 1.82) is 0 Å². The smallest absolute Gasteiger partial charge is 0.292 e. The van der Waals surface area contributed by atoms with Crippen LogP contribution in [0.5, 0.6) is 5.75 Å². The second-order valence-corrected chi connectivity index (χ2v) is 8.34. The topological polar surface area (TPSA) is 191 Å². The summed E-state index contributed by atoms with van der Waals surface area (Å²) in [6.45, 7) is 0. The molecule has 0 saturated heterocycles. The maximum absolute atomic E-state index is 13.2. The number of anilines is 1. The van der Waals surface area contributed by atoms with E-state index in [1.807, 2.05) is 0 Å². The first-order valence-electron chi connectivity index (χ1n) is 8.83. The van der Waals surface area contributed by atoms with Crippen LogP contribution in [-0.2, 0) is 19.6 Å². The summed E-state index contributed by atoms with van der Waals surface area (Å²) in [5.74, 6) is -3.39. The predicted octanol–water partition coefficient (Wildman–Crippen LogP) is 0.105. The second kappa shape index (κ2) is 7.04. The third-order valence-corrected chi connectivity index (χ3v) is 5.81. The normalized spacial score (nSPS) is 18.3. The van der Waals surface area contributed by atoms with Gasteiger partial charge in [-0.2, -0.15) is 0 Å². The van der Waals surface area contributed by atoms with Gasteiger partial charge < -0.3 is 21.3 Å². The molecule has 0 spiro atoms. The average Bonchev–Trinajstić information content (AvgIpc) is 2.70. The van der Waals surface area contributed by atoms with E-state index in [9.17, 15) is 23.1 Å². The minimum atomic E-state index is -3.91. The van der Waals surface area contributed by atoms with Crippen molar-refractivity contribution in [2.45, 2.75) is 10.8 Å². The van der Waals surface area contributed by atoms with Crippen LogP contribution >= 0.6 is 0 Å². The maximum atomic E-state index is 13.2. The van der Waals surface area contributed by atoms with Crippen LogP contribution in [0.25, 0.3) is 0 Å². The van der Waals surface area contributed by atoms with Crippen LogP contribution in [0.1, 0.15) is 11.5 Å². The first-order valence-corrected chi connectivity index (χ1v) is 10.4. The molecular formula is C19H17N5O6S. The number of hydrogen-bond acceptors (Lipinski definition) is 8. The number of sulfonamides is 1. The summed E-state index contributed by atoms with van der Waals surface area (Å²) in [6, 6.07) is 11.7. The minimum absolute atomic E-state index is 0.120. The fourth-order valence-corrected chi connectivity index (χ4v) is 4.01. The summed E-state index contributed by atoms with van der Waals surface area (Å²) >= 11 is 0. The van der Waals surface area contributed by atoms with Crippen LogP contribution in [0.3, 0.4) is 0 Å². The van der Waals surface area contributed by atoms with Gasteiger partial charge >= 0.3 is 0 Å². The third kappa shape index (κ3) is 3.33. The summed E-state index contributed by atoms with van der Waals surface area (Å²) in [5.41, 5.74) is 14.7. The molecule has 0 radical (unpaired) electrons. The van der Waals surface area contributed by atoms with Gasteiger partial charge in [0.2, 0.25) is 15.9 Å². The van der Waals surface area contributed by atoms with E-state index in [1.165, 1.54) is 24.3 Å². The molecule has 4 rings (SSSR count). The Balaban J connectivity index is 1.81. The number of aliphatic hydroxyl groups is 1. The zero-order valence-corrected chi connectivity index (χ0v) is 16.6. The van der Waals surface area contributed by atoms with E-state index < -0.39 is 33.7 Å². The standard InChI is InChI=1S/C19H17N5O6S/c20-16-14(17(21)25)13-11-3-1-2-4-12(11)30-19(27)15(13)18(26)24(16)23-9-5-7-10(8-6-9)31(22,28)29/h1-8,13,23,27H,20H2,(H2,21,25)(H2,22,28,29). The number of ether oxygens (including phenoxy) is 1. The summed E-state index contributed by atoms with van der Waals surface area (Å²) in [7, 11) is -3.91. The molecule has 8 N–H and O–H groups in total. The van der Waals surface area contributed by atoms with E-state index in [-0.39, 0.29) is 33.3 Å². The fourth-order valence-electron chi connectivity index (χ4n) is 3.49. The largest absolute Gasteiger partial charge is 0.480 e. The number of primary amides is 1. The predicted molar refractivity (Wildman–Crippen MR) is 108 cm³/mol. The highest BCUT2D eigenvalue weighted by Gasteiger charge is 2.46. The lowest BCUT2D eigenvalue weighted by Gasteiger charge is -2.37. The molecule has 0 bridgehead atoms. The summed E-state index contributed by atoms with van der Waals surface area (Å²) in [4.78, 5) is 25.3. The molecule has 2 aliphatic rings. The molecule has 2 heterocycles. The Morgan fingerprint density at radius 2 is 1.77 bits per heavy atom. The molecule has 0 aromatic heterocycles. The van der Waals surface area contributed by atoms with Crippen molar-refractivity contribution in [3.05, 3.63) is 77.0 Å². The molecule has 31 heavy (non-hydrogen) atoms. The number of nitrogens with two attached hydrogens (primary N) is 3. The molecule has 0 aliphatic carbocycles. The number of primary sulfonamides is 1. The first kappa shape index (κ1) is 20.3. The van der Waals surface area contributed by atoms with Gasteiger partial charge in [0.05, 0.1) is 22.1 Å². The lowest BCUT2D eigenvalue weighted by Crippen LogP contribution is -2.48. The maximum Gasteiger partial charge on any atom is 0.292 e. The van der Waals surface area contributed by atoms with Crippen LogP contribution in [0.4, 0.5) is 5.69 Å². The summed E-state index contributed by atoms with van der Waals surface area (Å²) in [5, 5.41) is 16.3. The van der Waals surface area contributed by atoms with Crippen LogP contribution in [-0.4, -0.2) is 30.3 Å². The average molecular weight is 443 g/mol. The molecule has 0 saturated carbocycles. The number of hydrogen-bond donors (Lipinski definition) is 5. The van der Waals surface area contributed by atoms with E-state index in [0.717, 1.165) is 5.01 Å². The SMILES string of the molecule is NC(=O)C1=C(N)N(Nc2ccc(S(N)(=O)=O)cc2)C(=O)C2=C(O)Oc3ccccc3C21. The Labute approximate surface area is 176 Å². The number of para-hydroxylation sites is 1. The molecule has 2 aromatic rings. The molecule has 12 heteroatoms. The monoisotopic (exact) mass is 443 g/mol. The second-order valence-electron chi connectivity index (χ2n) is 6.78. The van der Waals surface area contributed by atoms with Crippen molar-refractivity contribution in [2.75, 3.05) is 5.43 Å². The third-order valence-electron chi connectivity index (χ3n) is 4.88. The quantitative estimate of drug-likeness (QED) is 0.439. The Hall–Kier alpha value is -4.03. The van der Waals surface area contributed by atoms with Gasteiger partial charge in [-0.05, 0) is 30.3 Å². The first-order chi connectivity index (χ1) is 14.6. The molecule has 11 nitrogen and oxygen atoms in total.